The Bertz CT molecular complexity index is 1710. The molecular formula is C45H52. The minimum atomic E-state index is 0.518. The van der Waals surface area contributed by atoms with Gasteiger partial charge in [0.15, 0.2) is 0 Å². The summed E-state index contributed by atoms with van der Waals surface area (Å²) in [6.45, 7) is 19.9. The van der Waals surface area contributed by atoms with Gasteiger partial charge in [-0.25, -0.2) is 0 Å². The first-order valence-electron chi connectivity index (χ1n) is 17.8. The molecule has 0 radical (unpaired) electrons. The average molecular weight is 593 g/mol. The Morgan fingerprint density at radius 1 is 0.867 bits per heavy atom. The SMILES string of the molecule is C=C(C)Cc1c(C)cc2c(c1-c1ccc(C)cc1)CC(c1ccc3c(c1)C(C1CCC(C4CC(C(=C)CC)C4)CC1)=CC3C)=C2. The Morgan fingerprint density at radius 2 is 1.58 bits per heavy atom. The van der Waals surface area contributed by atoms with Crippen LogP contribution < -0.4 is 0 Å². The van der Waals surface area contributed by atoms with Crippen LogP contribution in [0.1, 0.15) is 116 Å². The largest absolute Gasteiger partial charge is 0.0998 e. The second-order valence-corrected chi connectivity index (χ2v) is 15.2. The van der Waals surface area contributed by atoms with Gasteiger partial charge in [-0.15, -0.1) is 0 Å². The summed E-state index contributed by atoms with van der Waals surface area (Å²) in [6, 6.07) is 19.0. The summed E-state index contributed by atoms with van der Waals surface area (Å²) >= 11 is 0. The smallest absolute Gasteiger partial charge is 0.000174 e. The van der Waals surface area contributed by atoms with Crippen molar-refractivity contribution in [3.05, 3.63) is 123 Å². The Morgan fingerprint density at radius 3 is 2.27 bits per heavy atom. The molecule has 2 saturated carbocycles. The van der Waals surface area contributed by atoms with Crippen LogP contribution in [0.25, 0.3) is 28.3 Å². The number of aryl methyl sites for hydroxylation is 2. The Labute approximate surface area is 273 Å². The second kappa shape index (κ2) is 12.1. The summed E-state index contributed by atoms with van der Waals surface area (Å²) < 4.78 is 0. The van der Waals surface area contributed by atoms with E-state index in [-0.39, 0.29) is 0 Å². The van der Waals surface area contributed by atoms with Gasteiger partial charge in [0.2, 0.25) is 0 Å². The van der Waals surface area contributed by atoms with Gasteiger partial charge in [-0.2, -0.15) is 0 Å². The number of rotatable bonds is 8. The predicted molar refractivity (Wildman–Crippen MR) is 195 cm³/mol. The van der Waals surface area contributed by atoms with Crippen LogP contribution in [0.15, 0.2) is 78.9 Å². The number of fused-ring (bicyclic) bond motifs is 2. The van der Waals surface area contributed by atoms with Crippen molar-refractivity contribution >= 4 is 17.2 Å². The van der Waals surface area contributed by atoms with E-state index in [2.05, 4.69) is 108 Å². The minimum absolute atomic E-state index is 0.518. The molecule has 1 atom stereocenters. The maximum Gasteiger partial charge on any atom is 0.000174 e. The molecule has 0 saturated heterocycles. The van der Waals surface area contributed by atoms with Crippen LogP contribution in [-0.4, -0.2) is 0 Å². The summed E-state index contributed by atoms with van der Waals surface area (Å²) in [5, 5.41) is 0. The third-order valence-electron chi connectivity index (χ3n) is 12.1. The van der Waals surface area contributed by atoms with Crippen LogP contribution in [-0.2, 0) is 12.8 Å². The molecule has 4 aliphatic rings. The Kier molecular flexibility index (Phi) is 8.14. The second-order valence-electron chi connectivity index (χ2n) is 15.2. The third kappa shape index (κ3) is 5.64. The van der Waals surface area contributed by atoms with E-state index in [9.17, 15) is 0 Å². The lowest BCUT2D eigenvalue weighted by Crippen LogP contribution is -2.33. The average Bonchev–Trinajstić information content (AvgIpc) is 3.58. The highest BCUT2D eigenvalue weighted by Crippen LogP contribution is 2.52. The number of hydrogen-bond acceptors (Lipinski definition) is 0. The van der Waals surface area contributed by atoms with E-state index < -0.39 is 0 Å². The highest BCUT2D eigenvalue weighted by Gasteiger charge is 2.38. The fourth-order valence-corrected chi connectivity index (χ4v) is 9.24. The molecule has 3 aromatic carbocycles. The van der Waals surface area contributed by atoms with E-state index in [1.54, 1.807) is 11.1 Å². The highest BCUT2D eigenvalue weighted by atomic mass is 14.4. The molecule has 45 heavy (non-hydrogen) atoms. The third-order valence-corrected chi connectivity index (χ3v) is 12.1. The quantitative estimate of drug-likeness (QED) is 0.228. The van der Waals surface area contributed by atoms with Gasteiger partial charge in [0, 0.05) is 5.92 Å². The molecular weight excluding hydrogens is 540 g/mol. The molecule has 3 aromatic rings. The van der Waals surface area contributed by atoms with Crippen LogP contribution in [0, 0.1) is 37.5 Å². The maximum absolute atomic E-state index is 4.34. The lowest BCUT2D eigenvalue weighted by molar-refractivity contribution is 0.108. The molecule has 232 valence electrons. The van der Waals surface area contributed by atoms with Crippen LogP contribution in [0.2, 0.25) is 0 Å². The highest BCUT2D eigenvalue weighted by molar-refractivity contribution is 5.94. The molecule has 0 heterocycles. The van der Waals surface area contributed by atoms with E-state index >= 15 is 0 Å². The van der Waals surface area contributed by atoms with Crippen molar-refractivity contribution in [2.24, 2.45) is 23.7 Å². The van der Waals surface area contributed by atoms with Gasteiger partial charge in [-0.05, 0) is 170 Å². The number of benzene rings is 3. The zero-order valence-electron chi connectivity index (χ0n) is 28.4. The van der Waals surface area contributed by atoms with Crippen molar-refractivity contribution in [1.29, 1.82) is 0 Å². The van der Waals surface area contributed by atoms with E-state index in [0.29, 0.717) is 5.92 Å². The fraction of sp³-hybridized carbons (Fsp3) is 0.422. The van der Waals surface area contributed by atoms with Crippen LogP contribution in [0.3, 0.4) is 0 Å². The van der Waals surface area contributed by atoms with Crippen LogP contribution >= 0.6 is 0 Å². The predicted octanol–water partition coefficient (Wildman–Crippen LogP) is 12.5. The van der Waals surface area contributed by atoms with Gasteiger partial charge in [0.25, 0.3) is 0 Å². The van der Waals surface area contributed by atoms with E-state index in [1.165, 1.54) is 105 Å². The molecule has 1 unspecified atom stereocenters. The molecule has 0 aromatic heterocycles. The zero-order valence-corrected chi connectivity index (χ0v) is 28.4. The monoisotopic (exact) mass is 592 g/mol. The van der Waals surface area contributed by atoms with Crippen molar-refractivity contribution in [3.63, 3.8) is 0 Å². The van der Waals surface area contributed by atoms with Crippen molar-refractivity contribution in [3.8, 4) is 11.1 Å². The Hall–Kier alpha value is -3.38. The summed E-state index contributed by atoms with van der Waals surface area (Å²) in [5.74, 6) is 3.94. The number of allylic oxidation sites excluding steroid dienone is 5. The first kappa shape index (κ1) is 30.3. The van der Waals surface area contributed by atoms with E-state index in [4.69, 9.17) is 0 Å². The first-order chi connectivity index (χ1) is 21.7. The van der Waals surface area contributed by atoms with Crippen LogP contribution in [0.5, 0.6) is 0 Å². The molecule has 0 spiro atoms. The van der Waals surface area contributed by atoms with Gasteiger partial charge < -0.3 is 0 Å². The number of hydrogen-bond donors (Lipinski definition) is 0. The van der Waals surface area contributed by atoms with Gasteiger partial charge in [-0.1, -0.05) is 98.3 Å². The zero-order chi connectivity index (χ0) is 31.4. The van der Waals surface area contributed by atoms with E-state index in [1.807, 2.05) is 0 Å². The summed E-state index contributed by atoms with van der Waals surface area (Å²) in [6.07, 6.45) is 16.5. The molecule has 0 aliphatic heterocycles. The van der Waals surface area contributed by atoms with Gasteiger partial charge in [0.05, 0.1) is 0 Å². The molecule has 0 nitrogen and oxygen atoms in total. The molecule has 0 N–H and O–H groups in total. The van der Waals surface area contributed by atoms with Gasteiger partial charge in [-0.3, -0.25) is 0 Å². The van der Waals surface area contributed by atoms with Crippen LogP contribution in [0.4, 0.5) is 0 Å². The summed E-state index contributed by atoms with van der Waals surface area (Å²) in [4.78, 5) is 0. The summed E-state index contributed by atoms with van der Waals surface area (Å²) in [7, 11) is 0. The van der Waals surface area contributed by atoms with Crippen molar-refractivity contribution < 1.29 is 0 Å². The van der Waals surface area contributed by atoms with E-state index in [0.717, 1.165) is 42.9 Å². The topological polar surface area (TPSA) is 0 Å². The van der Waals surface area contributed by atoms with Crippen molar-refractivity contribution in [2.75, 3.05) is 0 Å². The Balaban J connectivity index is 1.13. The molecule has 2 fully saturated rings. The lowest BCUT2D eigenvalue weighted by Gasteiger charge is -2.44. The lowest BCUT2D eigenvalue weighted by atomic mass is 9.61. The molecule has 4 aliphatic carbocycles. The molecule has 7 rings (SSSR count). The van der Waals surface area contributed by atoms with Gasteiger partial charge >= 0.3 is 0 Å². The fourth-order valence-electron chi connectivity index (χ4n) is 9.24. The molecule has 0 bridgehead atoms. The van der Waals surface area contributed by atoms with Crippen molar-refractivity contribution in [2.45, 2.75) is 98.3 Å². The maximum atomic E-state index is 4.34. The normalized spacial score (nSPS) is 25.2. The first-order valence-corrected chi connectivity index (χ1v) is 17.8. The van der Waals surface area contributed by atoms with Crippen molar-refractivity contribution in [1.82, 2.24) is 0 Å². The standard InChI is InChI=1S/C45H52/c1-8-29(5)36-22-37(23-36)32-13-15-33(16-14-32)42-21-31(7)40-18-17-35(25-44(40)42)38-24-39-20-30(6)41(19-27(2)3)45(43(39)26-38)34-11-9-28(4)10-12-34/h9-12,17-18,20-21,24-25,31-33,36-37H,2,5,8,13-16,19,22-23,26H2,1,3-4,6-7H3. The molecule has 0 heteroatoms. The molecule has 0 amide bonds. The summed E-state index contributed by atoms with van der Waals surface area (Å²) in [5.41, 5.74) is 20.1. The minimum Gasteiger partial charge on any atom is -0.0998 e. The van der Waals surface area contributed by atoms with Gasteiger partial charge in [0.1, 0.15) is 0 Å².